The van der Waals surface area contributed by atoms with Crippen LogP contribution >= 0.6 is 11.6 Å². The van der Waals surface area contributed by atoms with Gasteiger partial charge in [-0.2, -0.15) is 0 Å². The van der Waals surface area contributed by atoms with Crippen molar-refractivity contribution in [3.63, 3.8) is 0 Å². The van der Waals surface area contributed by atoms with E-state index in [2.05, 4.69) is 14.8 Å². The third-order valence-electron chi connectivity index (χ3n) is 3.34. The number of halogens is 4. The number of fused-ring (bicyclic) bond motifs is 1. The summed E-state index contributed by atoms with van der Waals surface area (Å²) < 4.78 is 60.2. The molecule has 0 spiro atoms. The van der Waals surface area contributed by atoms with Gasteiger partial charge in [-0.1, -0.05) is 17.7 Å². The molecule has 0 unspecified atom stereocenters. The zero-order valence-corrected chi connectivity index (χ0v) is 14.5. The van der Waals surface area contributed by atoms with E-state index in [-0.39, 0.29) is 33.5 Å². The van der Waals surface area contributed by atoms with Crippen LogP contribution in [0.2, 0.25) is 5.02 Å². The molecule has 0 fully saturated rings. The SMILES string of the molecule is O=C(C[S@](=O)Cc1c(F)cccc1Cl)Nc1ccc2c(c1)OC(F)(F)O2. The maximum absolute atomic E-state index is 13.7. The van der Waals surface area contributed by atoms with Crippen LogP contribution in [0.4, 0.5) is 18.9 Å². The highest BCUT2D eigenvalue weighted by Crippen LogP contribution is 2.42. The van der Waals surface area contributed by atoms with Gasteiger partial charge in [0.2, 0.25) is 5.91 Å². The summed E-state index contributed by atoms with van der Waals surface area (Å²) in [6.45, 7) is 0. The molecule has 0 saturated carbocycles. The molecule has 1 N–H and O–H groups in total. The van der Waals surface area contributed by atoms with Crippen LogP contribution in [0, 0.1) is 5.82 Å². The van der Waals surface area contributed by atoms with Crippen LogP contribution in [0.25, 0.3) is 0 Å². The number of hydrogen-bond acceptors (Lipinski definition) is 4. The lowest BCUT2D eigenvalue weighted by Gasteiger charge is -2.08. The normalized spacial score (nSPS) is 15.5. The van der Waals surface area contributed by atoms with Crippen molar-refractivity contribution in [2.24, 2.45) is 0 Å². The minimum atomic E-state index is -3.76. The van der Waals surface area contributed by atoms with Gasteiger partial charge < -0.3 is 14.8 Å². The lowest BCUT2D eigenvalue weighted by atomic mass is 10.2. The quantitative estimate of drug-likeness (QED) is 0.824. The summed E-state index contributed by atoms with van der Waals surface area (Å²) in [6.07, 6.45) is -3.76. The molecule has 1 amide bonds. The van der Waals surface area contributed by atoms with Crippen LogP contribution in [0.1, 0.15) is 5.56 Å². The second-order valence-corrected chi connectivity index (χ2v) is 7.17. The molecule has 0 radical (unpaired) electrons. The van der Waals surface area contributed by atoms with Crippen LogP contribution in [0.15, 0.2) is 36.4 Å². The Balaban J connectivity index is 1.60. The largest absolute Gasteiger partial charge is 0.586 e. The lowest BCUT2D eigenvalue weighted by Crippen LogP contribution is -2.25. The molecule has 0 bridgehead atoms. The fourth-order valence-corrected chi connectivity index (χ4v) is 3.64. The summed E-state index contributed by atoms with van der Waals surface area (Å²) >= 11 is 5.86. The predicted molar refractivity (Wildman–Crippen MR) is 89.4 cm³/mol. The van der Waals surface area contributed by atoms with Gasteiger partial charge in [-0.25, -0.2) is 4.39 Å². The topological polar surface area (TPSA) is 64.6 Å². The average molecular weight is 406 g/mol. The van der Waals surface area contributed by atoms with Crippen molar-refractivity contribution in [2.75, 3.05) is 11.1 Å². The van der Waals surface area contributed by atoms with E-state index in [0.29, 0.717) is 0 Å². The number of anilines is 1. The zero-order chi connectivity index (χ0) is 18.9. The Hall–Kier alpha value is -2.26. The molecule has 10 heteroatoms. The fourth-order valence-electron chi connectivity index (χ4n) is 2.25. The van der Waals surface area contributed by atoms with Gasteiger partial charge in [-0.15, -0.1) is 8.78 Å². The molecule has 0 saturated heterocycles. The van der Waals surface area contributed by atoms with E-state index in [4.69, 9.17) is 11.6 Å². The standard InChI is InChI=1S/C16H11ClF3NO4S/c17-11-2-1-3-12(18)10(11)7-26(23)8-15(22)21-9-4-5-13-14(6-9)25-16(19,20)24-13/h1-6H,7-8H2,(H,21,22)/t26-/m1/s1. The Bertz CT molecular complexity index is 874. The molecule has 26 heavy (non-hydrogen) atoms. The molecule has 5 nitrogen and oxygen atoms in total. The monoisotopic (exact) mass is 405 g/mol. The predicted octanol–water partition coefficient (Wildman–Crippen LogP) is 3.69. The highest BCUT2D eigenvalue weighted by Gasteiger charge is 2.43. The molecule has 1 heterocycles. The number of ether oxygens (including phenoxy) is 2. The van der Waals surface area contributed by atoms with Crippen LogP contribution in [-0.2, 0) is 21.3 Å². The summed E-state index contributed by atoms with van der Waals surface area (Å²) in [7, 11) is -1.72. The van der Waals surface area contributed by atoms with Crippen molar-refractivity contribution < 1.29 is 31.6 Å². The summed E-state index contributed by atoms with van der Waals surface area (Å²) in [6, 6.07) is 7.76. The van der Waals surface area contributed by atoms with Crippen LogP contribution < -0.4 is 14.8 Å². The Morgan fingerprint density at radius 2 is 1.92 bits per heavy atom. The second-order valence-electron chi connectivity index (χ2n) is 5.31. The first-order chi connectivity index (χ1) is 12.2. The molecule has 1 aliphatic rings. The molecule has 138 valence electrons. The molecule has 1 aliphatic heterocycles. The van der Waals surface area contributed by atoms with Crippen molar-refractivity contribution in [3.05, 3.63) is 52.8 Å². The fraction of sp³-hybridized carbons (Fsp3) is 0.188. The number of nitrogens with one attached hydrogen (secondary N) is 1. The van der Waals surface area contributed by atoms with Gasteiger partial charge in [0.05, 0.1) is 5.75 Å². The zero-order valence-electron chi connectivity index (χ0n) is 12.9. The Kier molecular flexibility index (Phi) is 5.10. The van der Waals surface area contributed by atoms with E-state index in [1.165, 1.54) is 30.3 Å². The molecule has 1 atom stereocenters. The maximum Gasteiger partial charge on any atom is 0.586 e. The number of carbonyl (C=O) groups excluding carboxylic acids is 1. The van der Waals surface area contributed by atoms with E-state index >= 15 is 0 Å². The molecule has 0 aliphatic carbocycles. The second kappa shape index (κ2) is 7.16. The first-order valence-corrected chi connectivity index (χ1v) is 9.08. The summed E-state index contributed by atoms with van der Waals surface area (Å²) in [4.78, 5) is 12.0. The molecule has 3 rings (SSSR count). The van der Waals surface area contributed by atoms with Crippen LogP contribution in [0.3, 0.4) is 0 Å². The van der Waals surface area contributed by atoms with E-state index in [9.17, 15) is 22.2 Å². The molecule has 2 aromatic rings. The van der Waals surface area contributed by atoms with Gasteiger partial charge >= 0.3 is 6.29 Å². The number of carbonyl (C=O) groups is 1. The first-order valence-electron chi connectivity index (χ1n) is 7.21. The van der Waals surface area contributed by atoms with Crippen molar-refractivity contribution in [2.45, 2.75) is 12.0 Å². The summed E-state index contributed by atoms with van der Waals surface area (Å²) in [5, 5.41) is 2.53. The van der Waals surface area contributed by atoms with E-state index < -0.39 is 34.6 Å². The number of benzene rings is 2. The van der Waals surface area contributed by atoms with Crippen molar-refractivity contribution in [3.8, 4) is 11.5 Å². The smallest absolute Gasteiger partial charge is 0.395 e. The highest BCUT2D eigenvalue weighted by atomic mass is 35.5. The van der Waals surface area contributed by atoms with Crippen LogP contribution in [-0.4, -0.2) is 22.2 Å². The van der Waals surface area contributed by atoms with Crippen molar-refractivity contribution >= 4 is 34.0 Å². The number of hydrogen-bond donors (Lipinski definition) is 1. The number of amides is 1. The summed E-state index contributed by atoms with van der Waals surface area (Å²) in [5.74, 6) is -2.29. The first kappa shape index (κ1) is 18.5. The molecular weight excluding hydrogens is 395 g/mol. The van der Waals surface area contributed by atoms with Gasteiger partial charge in [0.15, 0.2) is 11.5 Å². The third-order valence-corrected chi connectivity index (χ3v) is 4.89. The van der Waals surface area contributed by atoms with E-state index in [0.717, 1.165) is 6.07 Å². The minimum Gasteiger partial charge on any atom is -0.395 e. The Morgan fingerprint density at radius 1 is 1.19 bits per heavy atom. The third kappa shape index (κ3) is 4.28. The minimum absolute atomic E-state index is 0.0608. The highest BCUT2D eigenvalue weighted by molar-refractivity contribution is 7.85. The van der Waals surface area contributed by atoms with E-state index in [1.54, 1.807) is 0 Å². The van der Waals surface area contributed by atoms with E-state index in [1.807, 2.05) is 0 Å². The Morgan fingerprint density at radius 3 is 2.65 bits per heavy atom. The lowest BCUT2D eigenvalue weighted by molar-refractivity contribution is -0.286. The summed E-state index contributed by atoms with van der Waals surface area (Å²) in [5.41, 5.74) is 0.224. The number of alkyl halides is 2. The van der Waals surface area contributed by atoms with Gasteiger partial charge in [-0.05, 0) is 24.3 Å². The van der Waals surface area contributed by atoms with Gasteiger partial charge in [-0.3, -0.25) is 9.00 Å². The van der Waals surface area contributed by atoms with Crippen molar-refractivity contribution in [1.29, 1.82) is 0 Å². The Labute approximate surface area is 153 Å². The van der Waals surface area contributed by atoms with Crippen LogP contribution in [0.5, 0.6) is 11.5 Å². The molecule has 2 aromatic carbocycles. The average Bonchev–Trinajstić information content (AvgIpc) is 2.84. The van der Waals surface area contributed by atoms with Crippen molar-refractivity contribution in [1.82, 2.24) is 0 Å². The van der Waals surface area contributed by atoms with Gasteiger partial charge in [0, 0.05) is 33.1 Å². The molecule has 0 aromatic heterocycles. The number of rotatable bonds is 5. The van der Waals surface area contributed by atoms with Gasteiger partial charge in [0.25, 0.3) is 0 Å². The molecular formula is C16H11ClF3NO4S. The van der Waals surface area contributed by atoms with Gasteiger partial charge in [0.1, 0.15) is 11.6 Å². The maximum atomic E-state index is 13.7.